The fraction of sp³-hybridized carbons (Fsp3) is 0.250. The molecule has 0 aliphatic rings. The number of carbonyl (C=O) groups is 1. The Morgan fingerprint density at radius 3 is 2.41 bits per heavy atom. The zero-order valence-electron chi connectivity index (χ0n) is 15.9. The lowest BCUT2D eigenvalue weighted by Crippen LogP contribution is -2.30. The summed E-state index contributed by atoms with van der Waals surface area (Å²) in [5.74, 6) is -0.352. The third kappa shape index (κ3) is 4.56. The maximum Gasteiger partial charge on any atom is 0.416 e. The molecule has 0 spiro atoms. The van der Waals surface area contributed by atoms with Gasteiger partial charge in [-0.3, -0.25) is 10.1 Å². The van der Waals surface area contributed by atoms with Crippen molar-refractivity contribution in [3.05, 3.63) is 64.3 Å². The van der Waals surface area contributed by atoms with E-state index in [1.807, 2.05) is 0 Å². The number of hydrogen-bond donors (Lipinski definition) is 1. The van der Waals surface area contributed by atoms with Crippen LogP contribution >= 0.6 is 0 Å². The lowest BCUT2D eigenvalue weighted by molar-refractivity contribution is -0.137. The van der Waals surface area contributed by atoms with Gasteiger partial charge >= 0.3 is 12.3 Å². The molecule has 152 valence electrons. The van der Waals surface area contributed by atoms with E-state index in [0.717, 1.165) is 12.1 Å². The average molecular weight is 405 g/mol. The average Bonchev–Trinajstić information content (AvgIpc) is 2.62. The molecule has 2 aromatic carbocycles. The van der Waals surface area contributed by atoms with Gasteiger partial charge in [-0.25, -0.2) is 9.48 Å². The molecule has 0 radical (unpaired) electrons. The van der Waals surface area contributed by atoms with Crippen LogP contribution in [0.25, 0.3) is 16.6 Å². The summed E-state index contributed by atoms with van der Waals surface area (Å²) in [5.41, 5.74) is -1.85. The highest BCUT2D eigenvalue weighted by Gasteiger charge is 2.30. The summed E-state index contributed by atoms with van der Waals surface area (Å²) in [4.78, 5) is 24.8. The van der Waals surface area contributed by atoms with Gasteiger partial charge in [0.15, 0.2) is 0 Å². The summed E-state index contributed by atoms with van der Waals surface area (Å²) in [5, 5.41) is 6.56. The van der Waals surface area contributed by atoms with Crippen LogP contribution in [0.2, 0.25) is 0 Å². The van der Waals surface area contributed by atoms with Gasteiger partial charge in [0, 0.05) is 0 Å². The van der Waals surface area contributed by atoms with Crippen molar-refractivity contribution in [1.82, 2.24) is 9.78 Å². The third-order valence-corrected chi connectivity index (χ3v) is 3.83. The largest absolute Gasteiger partial charge is 0.444 e. The van der Waals surface area contributed by atoms with Gasteiger partial charge in [-0.05, 0) is 51.1 Å². The molecule has 1 N–H and O–H groups in total. The predicted molar refractivity (Wildman–Crippen MR) is 102 cm³/mol. The van der Waals surface area contributed by atoms with Crippen molar-refractivity contribution < 1.29 is 22.7 Å². The highest BCUT2D eigenvalue weighted by atomic mass is 19.4. The topological polar surface area (TPSA) is 73.2 Å². The minimum absolute atomic E-state index is 0.0864. The number of fused-ring (bicyclic) bond motifs is 1. The van der Waals surface area contributed by atoms with E-state index in [-0.39, 0.29) is 16.9 Å². The molecule has 1 heterocycles. The van der Waals surface area contributed by atoms with Crippen LogP contribution < -0.4 is 10.7 Å². The molecular formula is C20H18F3N3O3. The fourth-order valence-electron chi connectivity index (χ4n) is 2.67. The van der Waals surface area contributed by atoms with E-state index in [9.17, 15) is 22.8 Å². The Morgan fingerprint density at radius 1 is 1.07 bits per heavy atom. The molecule has 0 atom stereocenters. The molecule has 1 aromatic heterocycles. The van der Waals surface area contributed by atoms with E-state index in [1.54, 1.807) is 39.0 Å². The Hall–Kier alpha value is -3.36. The van der Waals surface area contributed by atoms with Crippen LogP contribution in [0.5, 0.6) is 0 Å². The van der Waals surface area contributed by atoms with Crippen molar-refractivity contribution in [2.75, 3.05) is 5.32 Å². The number of halogens is 3. The van der Waals surface area contributed by atoms with Crippen molar-refractivity contribution in [1.29, 1.82) is 0 Å². The number of anilines is 1. The molecule has 0 unspecified atom stereocenters. The number of nitrogens with one attached hydrogen (secondary N) is 1. The van der Waals surface area contributed by atoms with E-state index in [2.05, 4.69) is 10.4 Å². The number of ether oxygens (including phenoxy) is 1. The van der Waals surface area contributed by atoms with Crippen LogP contribution in [-0.2, 0) is 10.9 Å². The molecule has 29 heavy (non-hydrogen) atoms. The molecule has 0 aliphatic carbocycles. The third-order valence-electron chi connectivity index (χ3n) is 3.83. The van der Waals surface area contributed by atoms with Crippen LogP contribution in [0.15, 0.2) is 53.3 Å². The Kier molecular flexibility index (Phi) is 5.08. The number of carbonyl (C=O) groups excluding carboxylic acids is 1. The number of hydrogen-bond acceptors (Lipinski definition) is 4. The fourth-order valence-corrected chi connectivity index (χ4v) is 2.67. The van der Waals surface area contributed by atoms with Gasteiger partial charge in [-0.15, -0.1) is 5.10 Å². The van der Waals surface area contributed by atoms with E-state index in [4.69, 9.17) is 4.74 Å². The van der Waals surface area contributed by atoms with E-state index in [1.165, 1.54) is 22.9 Å². The zero-order valence-corrected chi connectivity index (χ0v) is 15.9. The molecule has 0 saturated heterocycles. The molecular weight excluding hydrogens is 387 g/mol. The molecule has 6 nitrogen and oxygen atoms in total. The van der Waals surface area contributed by atoms with Crippen molar-refractivity contribution in [2.45, 2.75) is 32.5 Å². The summed E-state index contributed by atoms with van der Waals surface area (Å²) in [6.45, 7) is 4.96. The number of benzene rings is 2. The molecule has 3 rings (SSSR count). The van der Waals surface area contributed by atoms with Gasteiger partial charge in [0.25, 0.3) is 0 Å². The second-order valence-corrected chi connectivity index (χ2v) is 7.28. The van der Waals surface area contributed by atoms with Crippen molar-refractivity contribution in [3.8, 4) is 5.69 Å². The normalized spacial score (nSPS) is 12.1. The second-order valence-electron chi connectivity index (χ2n) is 7.28. The predicted octanol–water partition coefficient (Wildman–Crippen LogP) is 4.75. The Bertz CT molecular complexity index is 1130. The number of rotatable bonds is 2. The Morgan fingerprint density at radius 2 is 1.76 bits per heavy atom. The first-order valence-electron chi connectivity index (χ1n) is 8.65. The van der Waals surface area contributed by atoms with Gasteiger partial charge in [-0.2, -0.15) is 13.2 Å². The number of aromatic nitrogens is 2. The standard InChI is InChI=1S/C20H18F3N3O3/c1-19(2,3)29-18(28)24-17-16(27)14-9-4-5-10-15(14)26(25-17)13-8-6-7-12(11-13)20(21,22)23/h4-11H,1-3H3,(H,24,25,28). The van der Waals surface area contributed by atoms with Crippen molar-refractivity contribution >= 4 is 22.8 Å². The smallest absolute Gasteiger partial charge is 0.416 e. The van der Waals surface area contributed by atoms with Crippen LogP contribution in [-0.4, -0.2) is 21.5 Å². The van der Waals surface area contributed by atoms with Crippen LogP contribution in [0.1, 0.15) is 26.3 Å². The SMILES string of the molecule is CC(C)(C)OC(=O)Nc1nn(-c2cccc(C(F)(F)F)c2)c2ccccc2c1=O. The summed E-state index contributed by atoms with van der Waals surface area (Å²) in [6.07, 6.45) is -5.43. The lowest BCUT2D eigenvalue weighted by atomic mass is 10.1. The van der Waals surface area contributed by atoms with Crippen LogP contribution in [0.4, 0.5) is 23.8 Å². The molecule has 0 saturated carbocycles. The van der Waals surface area contributed by atoms with Crippen molar-refractivity contribution in [3.63, 3.8) is 0 Å². The van der Waals surface area contributed by atoms with Gasteiger partial charge in [0.2, 0.25) is 11.2 Å². The van der Waals surface area contributed by atoms with E-state index in [0.29, 0.717) is 5.52 Å². The summed E-state index contributed by atoms with van der Waals surface area (Å²) < 4.78 is 45.7. The maximum atomic E-state index is 13.1. The monoisotopic (exact) mass is 405 g/mol. The number of para-hydroxylation sites is 1. The molecule has 0 bridgehead atoms. The molecule has 0 fully saturated rings. The summed E-state index contributed by atoms with van der Waals surface area (Å²) >= 11 is 0. The second kappa shape index (κ2) is 7.23. The van der Waals surface area contributed by atoms with Gasteiger partial charge in [0.1, 0.15) is 5.60 Å². The molecule has 1 amide bonds. The zero-order chi connectivity index (χ0) is 21.4. The summed E-state index contributed by atoms with van der Waals surface area (Å²) in [6, 6.07) is 10.8. The minimum atomic E-state index is -4.54. The highest BCUT2D eigenvalue weighted by Crippen LogP contribution is 2.30. The number of nitrogens with zero attached hydrogens (tertiary/aromatic N) is 2. The van der Waals surface area contributed by atoms with E-state index >= 15 is 0 Å². The highest BCUT2D eigenvalue weighted by molar-refractivity contribution is 5.88. The molecule has 0 aliphatic heterocycles. The number of amides is 1. The van der Waals surface area contributed by atoms with Crippen molar-refractivity contribution in [2.24, 2.45) is 0 Å². The number of alkyl halides is 3. The minimum Gasteiger partial charge on any atom is -0.444 e. The first-order valence-corrected chi connectivity index (χ1v) is 8.65. The lowest BCUT2D eigenvalue weighted by Gasteiger charge is -2.20. The summed E-state index contributed by atoms with van der Waals surface area (Å²) in [7, 11) is 0. The first-order chi connectivity index (χ1) is 13.5. The first kappa shape index (κ1) is 20.4. The van der Waals surface area contributed by atoms with Gasteiger partial charge in [0.05, 0.1) is 22.2 Å². The van der Waals surface area contributed by atoms with Gasteiger partial charge < -0.3 is 4.74 Å². The molecule has 9 heteroatoms. The van der Waals surface area contributed by atoms with Crippen LogP contribution in [0, 0.1) is 0 Å². The van der Waals surface area contributed by atoms with Gasteiger partial charge in [-0.1, -0.05) is 18.2 Å². The quantitative estimate of drug-likeness (QED) is 0.668. The Balaban J connectivity index is 2.16. The van der Waals surface area contributed by atoms with Crippen LogP contribution in [0.3, 0.4) is 0 Å². The maximum absolute atomic E-state index is 13.1. The molecule has 3 aromatic rings. The van der Waals surface area contributed by atoms with E-state index < -0.39 is 28.9 Å². The Labute approximate surface area is 163 Å².